The van der Waals surface area contributed by atoms with Gasteiger partial charge in [0, 0.05) is 6.54 Å². The average molecular weight is 358 g/mol. The van der Waals surface area contributed by atoms with Crippen molar-refractivity contribution in [1.82, 2.24) is 20.4 Å². The molecule has 3 rings (SSSR count). The van der Waals surface area contributed by atoms with Gasteiger partial charge in [-0.25, -0.2) is 9.59 Å². The molecule has 2 aromatic heterocycles. The van der Waals surface area contributed by atoms with Crippen molar-refractivity contribution in [1.29, 1.82) is 0 Å². The van der Waals surface area contributed by atoms with Gasteiger partial charge in [0.25, 0.3) is 5.89 Å². The van der Waals surface area contributed by atoms with Crippen LogP contribution in [0.4, 0.5) is 4.79 Å². The smallest absolute Gasteiger partial charge is 0.387 e. The van der Waals surface area contributed by atoms with E-state index in [1.165, 1.54) is 11.3 Å². The van der Waals surface area contributed by atoms with Crippen molar-refractivity contribution in [3.05, 3.63) is 64.0 Å². The van der Waals surface area contributed by atoms with E-state index in [1.54, 1.807) is 12.1 Å². The number of nitrogens with one attached hydrogen (secondary N) is 2. The third-order valence-electron chi connectivity index (χ3n) is 3.18. The van der Waals surface area contributed by atoms with Gasteiger partial charge in [-0.1, -0.05) is 36.4 Å². The Labute approximate surface area is 146 Å². The Morgan fingerprint density at radius 3 is 2.68 bits per heavy atom. The molecule has 9 heteroatoms. The summed E-state index contributed by atoms with van der Waals surface area (Å²) >= 11 is 1.36. The quantitative estimate of drug-likeness (QED) is 0.720. The van der Waals surface area contributed by atoms with Crippen molar-refractivity contribution in [3.8, 4) is 10.8 Å². The molecule has 0 unspecified atom stereocenters. The number of carbonyl (C=O) groups excluding carboxylic acids is 2. The fourth-order valence-electron chi connectivity index (χ4n) is 2.03. The lowest BCUT2D eigenvalue weighted by Crippen LogP contribution is -2.41. The minimum Gasteiger partial charge on any atom is -0.387 e. The predicted octanol–water partition coefficient (Wildman–Crippen LogP) is 1.59. The average Bonchev–Trinajstić information content (AvgIpc) is 3.24. The van der Waals surface area contributed by atoms with Crippen LogP contribution in [0.1, 0.15) is 5.56 Å². The fraction of sp³-hybridized carbons (Fsp3) is 0.125. The molecule has 0 spiro atoms. The largest absolute Gasteiger partial charge is 0.437 e. The Morgan fingerprint density at radius 2 is 1.96 bits per heavy atom. The minimum absolute atomic E-state index is 0.140. The van der Waals surface area contributed by atoms with Crippen LogP contribution in [0.25, 0.3) is 10.8 Å². The first-order valence-electron chi connectivity index (χ1n) is 7.35. The Hall–Kier alpha value is -3.20. The van der Waals surface area contributed by atoms with Gasteiger partial charge in [0.15, 0.2) is 0 Å². The molecule has 3 amide bonds. The molecular formula is C16H14N4O4S. The maximum atomic E-state index is 11.9. The van der Waals surface area contributed by atoms with Gasteiger partial charge in [-0.15, -0.1) is 16.4 Å². The Kier molecular flexibility index (Phi) is 5.05. The van der Waals surface area contributed by atoms with Crippen molar-refractivity contribution in [2.45, 2.75) is 13.1 Å². The second-order valence-corrected chi connectivity index (χ2v) is 5.97. The zero-order valence-corrected chi connectivity index (χ0v) is 13.8. The molecule has 0 aliphatic carbocycles. The van der Waals surface area contributed by atoms with Crippen LogP contribution >= 0.6 is 11.3 Å². The summed E-state index contributed by atoms with van der Waals surface area (Å²) in [6.45, 7) is -0.126. The van der Waals surface area contributed by atoms with Crippen molar-refractivity contribution in [2.24, 2.45) is 0 Å². The van der Waals surface area contributed by atoms with Crippen molar-refractivity contribution in [2.75, 3.05) is 0 Å². The van der Waals surface area contributed by atoms with Crippen molar-refractivity contribution >= 4 is 23.3 Å². The second kappa shape index (κ2) is 7.58. The number of hydrogen-bond acceptors (Lipinski definition) is 6. The van der Waals surface area contributed by atoms with Gasteiger partial charge in [0.1, 0.15) is 6.54 Å². The zero-order chi connectivity index (χ0) is 17.6. The van der Waals surface area contributed by atoms with E-state index in [-0.39, 0.29) is 12.4 Å². The van der Waals surface area contributed by atoms with E-state index in [1.807, 2.05) is 35.7 Å². The highest BCUT2D eigenvalue weighted by Gasteiger charge is 2.15. The fourth-order valence-corrected chi connectivity index (χ4v) is 2.67. The van der Waals surface area contributed by atoms with E-state index in [9.17, 15) is 14.4 Å². The summed E-state index contributed by atoms with van der Waals surface area (Å²) in [5.74, 6) is -1.29. The summed E-state index contributed by atoms with van der Waals surface area (Å²) in [6.07, 6.45) is 0. The molecule has 0 aliphatic rings. The van der Waals surface area contributed by atoms with E-state index in [2.05, 4.69) is 15.7 Å². The van der Waals surface area contributed by atoms with Gasteiger partial charge >= 0.3 is 11.8 Å². The zero-order valence-electron chi connectivity index (χ0n) is 13.0. The highest BCUT2D eigenvalue weighted by Crippen LogP contribution is 2.20. The molecule has 0 aliphatic heterocycles. The van der Waals surface area contributed by atoms with Gasteiger partial charge in [-0.3, -0.25) is 10.1 Å². The summed E-state index contributed by atoms with van der Waals surface area (Å²) in [5.41, 5.74) is 0.901. The molecule has 3 aromatic rings. The molecule has 0 atom stereocenters. The third kappa shape index (κ3) is 4.42. The Bertz CT molecular complexity index is 915. The highest BCUT2D eigenvalue weighted by molar-refractivity contribution is 7.13. The summed E-state index contributed by atoms with van der Waals surface area (Å²) < 4.78 is 5.87. The normalized spacial score (nSPS) is 10.4. The number of urea groups is 1. The van der Waals surface area contributed by atoms with Crippen LogP contribution in [-0.2, 0) is 17.9 Å². The van der Waals surface area contributed by atoms with Crippen molar-refractivity contribution < 1.29 is 14.0 Å². The standard InChI is InChI=1S/C16H14N4O4S/c21-13(18-15(22)17-9-11-5-2-1-3-6-11)10-20-16(23)24-14(19-20)12-7-4-8-25-12/h1-8H,9-10H2,(H2,17,18,21,22). The molecule has 2 heterocycles. The number of carbonyl (C=O) groups is 2. The molecule has 0 saturated heterocycles. The van der Waals surface area contributed by atoms with E-state index in [4.69, 9.17) is 4.42 Å². The second-order valence-electron chi connectivity index (χ2n) is 5.02. The molecule has 1 aromatic carbocycles. The first-order valence-corrected chi connectivity index (χ1v) is 8.23. The van der Waals surface area contributed by atoms with Gasteiger partial charge in [0.05, 0.1) is 4.88 Å². The first kappa shape index (κ1) is 16.7. The number of rotatable bonds is 5. The van der Waals surface area contributed by atoms with Crippen LogP contribution in [0.5, 0.6) is 0 Å². The van der Waals surface area contributed by atoms with Crippen LogP contribution in [0.2, 0.25) is 0 Å². The summed E-state index contributed by atoms with van der Waals surface area (Å²) in [4.78, 5) is 36.0. The maximum Gasteiger partial charge on any atom is 0.437 e. The lowest BCUT2D eigenvalue weighted by molar-refractivity contribution is -0.120. The highest BCUT2D eigenvalue weighted by atomic mass is 32.1. The Balaban J connectivity index is 1.54. The van der Waals surface area contributed by atoms with Crippen molar-refractivity contribution in [3.63, 3.8) is 0 Å². The summed E-state index contributed by atoms with van der Waals surface area (Å²) in [5, 5.41) is 10.5. The van der Waals surface area contributed by atoms with Gasteiger partial charge in [0.2, 0.25) is 5.91 Å². The molecule has 0 saturated carbocycles. The Morgan fingerprint density at radius 1 is 1.16 bits per heavy atom. The number of imide groups is 1. The van der Waals surface area contributed by atoms with Gasteiger partial charge < -0.3 is 9.73 Å². The summed E-state index contributed by atoms with van der Waals surface area (Å²) in [6, 6.07) is 12.2. The van der Waals surface area contributed by atoms with Gasteiger partial charge in [-0.2, -0.15) is 4.68 Å². The van der Waals surface area contributed by atoms with E-state index in [0.717, 1.165) is 10.2 Å². The number of hydrogen-bond donors (Lipinski definition) is 2. The van der Waals surface area contributed by atoms with Crippen LogP contribution < -0.4 is 16.4 Å². The molecule has 0 fully saturated rings. The molecular weight excluding hydrogens is 344 g/mol. The topological polar surface area (TPSA) is 106 Å². The molecule has 2 N–H and O–H groups in total. The third-order valence-corrected chi connectivity index (χ3v) is 4.04. The number of aromatic nitrogens is 2. The van der Waals surface area contributed by atoms with Crippen LogP contribution in [0.3, 0.4) is 0 Å². The van der Waals surface area contributed by atoms with Gasteiger partial charge in [-0.05, 0) is 17.0 Å². The van der Waals surface area contributed by atoms with Crippen LogP contribution in [-0.4, -0.2) is 21.7 Å². The molecule has 25 heavy (non-hydrogen) atoms. The van der Waals surface area contributed by atoms with Crippen LogP contribution in [0, 0.1) is 0 Å². The lowest BCUT2D eigenvalue weighted by Gasteiger charge is -2.06. The molecule has 0 bridgehead atoms. The summed E-state index contributed by atoms with van der Waals surface area (Å²) in [7, 11) is 0. The number of thiophene rings is 1. The van der Waals surface area contributed by atoms with Crippen LogP contribution in [0.15, 0.2) is 57.1 Å². The maximum absolute atomic E-state index is 11.9. The first-order chi connectivity index (χ1) is 12.1. The number of nitrogens with zero attached hydrogens (tertiary/aromatic N) is 2. The van der Waals surface area contributed by atoms with E-state index < -0.39 is 24.2 Å². The van der Waals surface area contributed by atoms with E-state index >= 15 is 0 Å². The SMILES string of the molecule is O=C(Cn1nc(-c2cccs2)oc1=O)NC(=O)NCc1ccccc1. The lowest BCUT2D eigenvalue weighted by atomic mass is 10.2. The molecule has 8 nitrogen and oxygen atoms in total. The number of benzene rings is 1. The predicted molar refractivity (Wildman–Crippen MR) is 90.9 cm³/mol. The minimum atomic E-state index is -0.761. The molecule has 128 valence electrons. The van der Waals surface area contributed by atoms with E-state index in [0.29, 0.717) is 4.88 Å². The monoisotopic (exact) mass is 358 g/mol. The number of amides is 3. The molecule has 0 radical (unpaired) electrons.